The second-order valence-corrected chi connectivity index (χ2v) is 6.76. The summed E-state index contributed by atoms with van der Waals surface area (Å²) in [7, 11) is 0. The molecule has 2 aromatic rings. The van der Waals surface area contributed by atoms with Gasteiger partial charge >= 0.3 is 0 Å². The van der Waals surface area contributed by atoms with Crippen LogP contribution in [0.4, 0.5) is 0 Å². The highest BCUT2D eigenvalue weighted by Crippen LogP contribution is 2.30. The summed E-state index contributed by atoms with van der Waals surface area (Å²) in [6.07, 6.45) is 5.09. The second-order valence-electron chi connectivity index (χ2n) is 6.76. The fourth-order valence-corrected chi connectivity index (χ4v) is 2.90. The fraction of sp³-hybridized carbons (Fsp3) is 0.389. The molecule has 1 N–H and O–H groups in total. The van der Waals surface area contributed by atoms with Crippen molar-refractivity contribution in [2.75, 3.05) is 13.1 Å². The predicted molar refractivity (Wildman–Crippen MR) is 86.4 cm³/mol. The molecular weight excluding hydrogens is 260 g/mol. The van der Waals surface area contributed by atoms with Gasteiger partial charge in [-0.05, 0) is 35.4 Å². The number of amides is 1. The molecule has 2 heterocycles. The summed E-state index contributed by atoms with van der Waals surface area (Å²) in [5.41, 5.74) is 3.44. The normalized spacial score (nSPS) is 16.1. The number of nitrogens with zero attached hydrogens (tertiary/aromatic N) is 1. The van der Waals surface area contributed by atoms with Crippen LogP contribution in [0, 0.1) is 5.41 Å². The molecule has 1 aliphatic heterocycles. The maximum Gasteiger partial charge on any atom is 0.254 e. The Morgan fingerprint density at radius 1 is 1.24 bits per heavy atom. The molecule has 0 aliphatic carbocycles. The highest BCUT2D eigenvalue weighted by atomic mass is 16.2. The summed E-state index contributed by atoms with van der Waals surface area (Å²) in [5.74, 6) is 0.121. The molecule has 110 valence electrons. The highest BCUT2D eigenvalue weighted by molar-refractivity contribution is 5.98. The number of fused-ring (bicyclic) bond motifs is 1. The van der Waals surface area contributed by atoms with Crippen molar-refractivity contribution in [1.29, 1.82) is 0 Å². The Labute approximate surface area is 125 Å². The van der Waals surface area contributed by atoms with Gasteiger partial charge in [0.2, 0.25) is 0 Å². The van der Waals surface area contributed by atoms with Gasteiger partial charge in [0.15, 0.2) is 0 Å². The topological polar surface area (TPSA) is 36.1 Å². The molecular formula is C18H22N2O. The van der Waals surface area contributed by atoms with Gasteiger partial charge in [0, 0.05) is 30.4 Å². The molecule has 1 aliphatic rings. The van der Waals surface area contributed by atoms with Gasteiger partial charge in [-0.3, -0.25) is 4.79 Å². The number of aromatic amines is 1. The van der Waals surface area contributed by atoms with E-state index in [1.807, 2.05) is 35.4 Å². The number of rotatable bonds is 1. The fourth-order valence-electron chi connectivity index (χ4n) is 2.90. The van der Waals surface area contributed by atoms with Gasteiger partial charge in [0.05, 0.1) is 0 Å². The van der Waals surface area contributed by atoms with E-state index in [4.69, 9.17) is 0 Å². The largest absolute Gasteiger partial charge is 0.361 e. The average Bonchev–Trinajstić information content (AvgIpc) is 2.93. The van der Waals surface area contributed by atoms with Gasteiger partial charge in [-0.2, -0.15) is 0 Å². The van der Waals surface area contributed by atoms with Crippen molar-refractivity contribution in [3.63, 3.8) is 0 Å². The first-order valence-corrected chi connectivity index (χ1v) is 7.51. The van der Waals surface area contributed by atoms with Crippen LogP contribution in [0.2, 0.25) is 0 Å². The first-order valence-electron chi connectivity index (χ1n) is 7.51. The molecule has 0 atom stereocenters. The molecule has 0 spiro atoms. The molecule has 0 radical (unpaired) electrons. The monoisotopic (exact) mass is 282 g/mol. The Bertz CT molecular complexity index is 703. The minimum atomic E-state index is 0.121. The van der Waals surface area contributed by atoms with Crippen LogP contribution in [0.5, 0.6) is 0 Å². The Hall–Kier alpha value is -2.03. The van der Waals surface area contributed by atoms with Crippen LogP contribution in [-0.2, 0) is 0 Å². The minimum absolute atomic E-state index is 0.121. The number of carbonyl (C=O) groups is 1. The van der Waals surface area contributed by atoms with Crippen LogP contribution in [0.25, 0.3) is 10.9 Å². The molecule has 0 unspecified atom stereocenters. The summed E-state index contributed by atoms with van der Waals surface area (Å²) < 4.78 is 0. The zero-order chi connectivity index (χ0) is 15.0. The molecule has 3 heteroatoms. The standard InChI is InChI=1S/C18H22N2O/c1-18(2,3)15-7-10-20(11-8-15)17(21)14-5-4-13-6-9-19-16(13)12-14/h4-7,9,12,19H,8,10-11H2,1-3H3. The van der Waals surface area contributed by atoms with Crippen molar-refractivity contribution in [1.82, 2.24) is 9.88 Å². The molecule has 1 aromatic carbocycles. The van der Waals surface area contributed by atoms with Crippen molar-refractivity contribution in [3.05, 3.63) is 47.7 Å². The zero-order valence-electron chi connectivity index (χ0n) is 12.9. The van der Waals surface area contributed by atoms with E-state index in [1.165, 1.54) is 5.57 Å². The first kappa shape index (κ1) is 13.9. The third-order valence-electron chi connectivity index (χ3n) is 4.26. The maximum atomic E-state index is 12.6. The average molecular weight is 282 g/mol. The molecule has 0 bridgehead atoms. The van der Waals surface area contributed by atoms with Gasteiger partial charge in [-0.25, -0.2) is 0 Å². The molecule has 3 rings (SSSR count). The van der Waals surface area contributed by atoms with Crippen LogP contribution in [0.15, 0.2) is 42.1 Å². The Morgan fingerprint density at radius 3 is 2.71 bits per heavy atom. The van der Waals surface area contributed by atoms with Gasteiger partial charge in [0.1, 0.15) is 0 Å². The predicted octanol–water partition coefficient (Wildman–Crippen LogP) is 3.99. The number of aromatic nitrogens is 1. The van der Waals surface area contributed by atoms with Gasteiger partial charge in [-0.1, -0.05) is 38.5 Å². The molecule has 1 amide bonds. The number of hydrogen-bond acceptors (Lipinski definition) is 1. The summed E-state index contributed by atoms with van der Waals surface area (Å²) in [4.78, 5) is 17.7. The summed E-state index contributed by atoms with van der Waals surface area (Å²) >= 11 is 0. The van der Waals surface area contributed by atoms with E-state index in [2.05, 4.69) is 31.8 Å². The molecule has 0 saturated carbocycles. The SMILES string of the molecule is CC(C)(C)C1=CCN(C(=O)c2ccc3cc[nH]c3c2)CC1. The van der Waals surface area contributed by atoms with Crippen molar-refractivity contribution in [3.8, 4) is 0 Å². The Morgan fingerprint density at radius 2 is 2.05 bits per heavy atom. The van der Waals surface area contributed by atoms with E-state index < -0.39 is 0 Å². The molecule has 3 nitrogen and oxygen atoms in total. The van der Waals surface area contributed by atoms with Crippen molar-refractivity contribution in [2.45, 2.75) is 27.2 Å². The van der Waals surface area contributed by atoms with E-state index in [0.717, 1.165) is 29.4 Å². The summed E-state index contributed by atoms with van der Waals surface area (Å²) in [5, 5.41) is 1.14. The summed E-state index contributed by atoms with van der Waals surface area (Å²) in [6, 6.07) is 7.88. The number of benzene rings is 1. The molecule has 0 fully saturated rings. The number of nitrogens with one attached hydrogen (secondary N) is 1. The van der Waals surface area contributed by atoms with Crippen LogP contribution >= 0.6 is 0 Å². The van der Waals surface area contributed by atoms with Gasteiger partial charge in [-0.15, -0.1) is 0 Å². The van der Waals surface area contributed by atoms with E-state index in [1.54, 1.807) is 0 Å². The maximum absolute atomic E-state index is 12.6. The molecule has 21 heavy (non-hydrogen) atoms. The van der Waals surface area contributed by atoms with Crippen LogP contribution < -0.4 is 0 Å². The van der Waals surface area contributed by atoms with Crippen LogP contribution in [0.3, 0.4) is 0 Å². The van der Waals surface area contributed by atoms with Gasteiger partial charge in [0.25, 0.3) is 5.91 Å². The third-order valence-corrected chi connectivity index (χ3v) is 4.26. The van der Waals surface area contributed by atoms with E-state index >= 15 is 0 Å². The zero-order valence-corrected chi connectivity index (χ0v) is 12.9. The smallest absolute Gasteiger partial charge is 0.254 e. The highest BCUT2D eigenvalue weighted by Gasteiger charge is 2.24. The second kappa shape index (κ2) is 5.06. The summed E-state index contributed by atoms with van der Waals surface area (Å²) in [6.45, 7) is 8.22. The lowest BCUT2D eigenvalue weighted by molar-refractivity contribution is 0.0765. The van der Waals surface area contributed by atoms with E-state index in [9.17, 15) is 4.79 Å². The van der Waals surface area contributed by atoms with Crippen molar-refractivity contribution < 1.29 is 4.79 Å². The molecule has 0 saturated heterocycles. The van der Waals surface area contributed by atoms with Crippen molar-refractivity contribution >= 4 is 16.8 Å². The quantitative estimate of drug-likeness (QED) is 0.789. The first-order chi connectivity index (χ1) is 9.95. The lowest BCUT2D eigenvalue weighted by Gasteiger charge is -2.32. The van der Waals surface area contributed by atoms with E-state index in [0.29, 0.717) is 6.54 Å². The Kier molecular flexibility index (Phi) is 3.36. The van der Waals surface area contributed by atoms with Crippen LogP contribution in [0.1, 0.15) is 37.6 Å². The van der Waals surface area contributed by atoms with Crippen molar-refractivity contribution in [2.24, 2.45) is 5.41 Å². The van der Waals surface area contributed by atoms with Crippen LogP contribution in [-0.4, -0.2) is 28.9 Å². The third kappa shape index (κ3) is 2.73. The minimum Gasteiger partial charge on any atom is -0.361 e. The van der Waals surface area contributed by atoms with E-state index in [-0.39, 0.29) is 11.3 Å². The lowest BCUT2D eigenvalue weighted by Crippen LogP contribution is -2.36. The molecule has 1 aromatic heterocycles. The number of H-pyrrole nitrogens is 1. The number of carbonyl (C=O) groups excluding carboxylic acids is 1. The Balaban J connectivity index is 1.79. The van der Waals surface area contributed by atoms with Gasteiger partial charge < -0.3 is 9.88 Å². The lowest BCUT2D eigenvalue weighted by atomic mass is 9.83. The number of hydrogen-bond donors (Lipinski definition) is 1.